The van der Waals surface area contributed by atoms with E-state index in [1.54, 1.807) is 0 Å². The maximum absolute atomic E-state index is 2.26. The van der Waals surface area contributed by atoms with Crippen LogP contribution < -0.4 is 0 Å². The second kappa shape index (κ2) is 5.80. The Labute approximate surface area is 82.0 Å². The van der Waals surface area contributed by atoms with Gasteiger partial charge in [0.15, 0.2) is 0 Å². The van der Waals surface area contributed by atoms with Crippen LogP contribution >= 0.6 is 0 Å². The van der Waals surface area contributed by atoms with E-state index in [4.69, 9.17) is 0 Å². The normalized spacial score (nSPS) is 10.3. The quantitative estimate of drug-likeness (QED) is 0.592. The van der Waals surface area contributed by atoms with Gasteiger partial charge < -0.3 is 0 Å². The first-order valence-electron chi connectivity index (χ1n) is 5.39. The smallest absolute Gasteiger partial charge is 0.0276 e. The molecule has 0 aromatic heterocycles. The molecule has 1 aromatic rings. The summed E-state index contributed by atoms with van der Waals surface area (Å²) in [7, 11) is 0. The fourth-order valence-electron chi connectivity index (χ4n) is 1.63. The molecular weight excluding hydrogens is 156 g/mol. The van der Waals surface area contributed by atoms with Crippen LogP contribution in [0.25, 0.3) is 0 Å². The van der Waals surface area contributed by atoms with E-state index in [9.17, 15) is 0 Å². The topological polar surface area (TPSA) is 0 Å². The number of benzene rings is 1. The van der Waals surface area contributed by atoms with Gasteiger partial charge in [0.25, 0.3) is 0 Å². The van der Waals surface area contributed by atoms with E-state index in [2.05, 4.69) is 38.1 Å². The van der Waals surface area contributed by atoms with Crippen LogP contribution in [0.5, 0.6) is 0 Å². The fourth-order valence-corrected chi connectivity index (χ4v) is 1.63. The third kappa shape index (κ3) is 3.63. The predicted molar refractivity (Wildman–Crippen MR) is 59.0 cm³/mol. The maximum Gasteiger partial charge on any atom is -0.0276 e. The summed E-state index contributed by atoms with van der Waals surface area (Å²) in [6.45, 7) is 4.46. The summed E-state index contributed by atoms with van der Waals surface area (Å²) < 4.78 is 0. The average Bonchev–Trinajstić information content (AvgIpc) is 2.15. The minimum atomic E-state index is 1.26. The summed E-state index contributed by atoms with van der Waals surface area (Å²) in [6.07, 6.45) is 6.69. The summed E-state index contributed by atoms with van der Waals surface area (Å²) in [5.41, 5.74) is 2.97. The second-order valence-electron chi connectivity index (χ2n) is 3.74. The molecule has 0 fully saturated rings. The summed E-state index contributed by atoms with van der Waals surface area (Å²) in [5.74, 6) is 0. The highest BCUT2D eigenvalue weighted by Crippen LogP contribution is 2.11. The van der Waals surface area contributed by atoms with Crippen molar-refractivity contribution >= 4 is 0 Å². The summed E-state index contributed by atoms with van der Waals surface area (Å²) in [4.78, 5) is 0. The Balaban J connectivity index is 2.32. The molecule has 0 amide bonds. The van der Waals surface area contributed by atoms with E-state index < -0.39 is 0 Å². The molecule has 0 N–H and O–H groups in total. The number of hydrogen-bond acceptors (Lipinski definition) is 0. The monoisotopic (exact) mass is 176 g/mol. The van der Waals surface area contributed by atoms with Crippen molar-refractivity contribution in [3.8, 4) is 0 Å². The van der Waals surface area contributed by atoms with Crippen molar-refractivity contribution in [1.29, 1.82) is 0 Å². The molecule has 0 saturated heterocycles. The van der Waals surface area contributed by atoms with E-state index in [0.29, 0.717) is 0 Å². The Kier molecular flexibility index (Phi) is 4.59. The molecule has 0 unspecified atom stereocenters. The van der Waals surface area contributed by atoms with Crippen LogP contribution in [0.15, 0.2) is 24.3 Å². The van der Waals surface area contributed by atoms with Crippen LogP contribution in [0, 0.1) is 6.92 Å². The van der Waals surface area contributed by atoms with Crippen LogP contribution in [-0.4, -0.2) is 0 Å². The van der Waals surface area contributed by atoms with Gasteiger partial charge in [0, 0.05) is 0 Å². The zero-order valence-corrected chi connectivity index (χ0v) is 8.84. The van der Waals surface area contributed by atoms with Crippen molar-refractivity contribution in [3.05, 3.63) is 35.4 Å². The van der Waals surface area contributed by atoms with Gasteiger partial charge in [-0.15, -0.1) is 0 Å². The molecule has 72 valence electrons. The first kappa shape index (κ1) is 10.3. The molecule has 0 heteroatoms. The molecule has 0 saturated carbocycles. The molecule has 0 atom stereocenters. The lowest BCUT2D eigenvalue weighted by molar-refractivity contribution is 0.665. The zero-order chi connectivity index (χ0) is 9.52. The van der Waals surface area contributed by atoms with Gasteiger partial charge in [0.1, 0.15) is 0 Å². The van der Waals surface area contributed by atoms with Gasteiger partial charge in [-0.05, 0) is 30.9 Å². The van der Waals surface area contributed by atoms with E-state index in [1.165, 1.54) is 43.2 Å². The number of aryl methyl sites for hydroxylation is 2. The van der Waals surface area contributed by atoms with Crippen molar-refractivity contribution in [1.82, 2.24) is 0 Å². The SMILES string of the molecule is CCCCCCc1ccccc1C. The molecule has 1 rings (SSSR count). The average molecular weight is 176 g/mol. The Hall–Kier alpha value is -0.780. The first-order chi connectivity index (χ1) is 6.34. The minimum Gasteiger partial charge on any atom is -0.0654 e. The number of hydrogen-bond donors (Lipinski definition) is 0. The van der Waals surface area contributed by atoms with E-state index in [1.807, 2.05) is 0 Å². The van der Waals surface area contributed by atoms with Gasteiger partial charge in [-0.25, -0.2) is 0 Å². The lowest BCUT2D eigenvalue weighted by atomic mass is 10.0. The lowest BCUT2D eigenvalue weighted by Gasteiger charge is -2.04. The largest absolute Gasteiger partial charge is 0.0654 e. The molecule has 1 aromatic carbocycles. The van der Waals surface area contributed by atoms with Crippen molar-refractivity contribution in [2.75, 3.05) is 0 Å². The van der Waals surface area contributed by atoms with Crippen LogP contribution in [0.2, 0.25) is 0 Å². The highest BCUT2D eigenvalue weighted by molar-refractivity contribution is 5.25. The zero-order valence-electron chi connectivity index (χ0n) is 8.84. The minimum absolute atomic E-state index is 1.26. The van der Waals surface area contributed by atoms with Crippen molar-refractivity contribution in [3.63, 3.8) is 0 Å². The van der Waals surface area contributed by atoms with Crippen molar-refractivity contribution < 1.29 is 0 Å². The van der Waals surface area contributed by atoms with Gasteiger partial charge >= 0.3 is 0 Å². The van der Waals surface area contributed by atoms with Gasteiger partial charge in [-0.1, -0.05) is 50.5 Å². The molecule has 0 nitrogen and oxygen atoms in total. The van der Waals surface area contributed by atoms with Crippen molar-refractivity contribution in [2.24, 2.45) is 0 Å². The summed E-state index contributed by atoms with van der Waals surface area (Å²) in [6, 6.07) is 8.71. The van der Waals surface area contributed by atoms with Crippen molar-refractivity contribution in [2.45, 2.75) is 46.0 Å². The second-order valence-corrected chi connectivity index (χ2v) is 3.74. The maximum atomic E-state index is 2.26. The lowest BCUT2D eigenvalue weighted by Crippen LogP contribution is -1.89. The first-order valence-corrected chi connectivity index (χ1v) is 5.39. The van der Waals surface area contributed by atoms with Gasteiger partial charge in [-0.3, -0.25) is 0 Å². The number of rotatable bonds is 5. The molecule has 0 spiro atoms. The predicted octanol–water partition coefficient (Wildman–Crippen LogP) is 4.12. The highest BCUT2D eigenvalue weighted by atomic mass is 14.0. The Morgan fingerprint density at radius 2 is 1.77 bits per heavy atom. The Bertz CT molecular complexity index is 238. The molecule has 0 aliphatic rings. The third-order valence-electron chi connectivity index (χ3n) is 2.56. The molecule has 13 heavy (non-hydrogen) atoms. The number of unbranched alkanes of at least 4 members (excludes halogenated alkanes) is 3. The molecule has 0 aliphatic heterocycles. The molecule has 0 radical (unpaired) electrons. The van der Waals surface area contributed by atoms with E-state index in [0.717, 1.165) is 0 Å². The summed E-state index contributed by atoms with van der Waals surface area (Å²) in [5, 5.41) is 0. The van der Waals surface area contributed by atoms with Crippen LogP contribution in [0.4, 0.5) is 0 Å². The molecule has 0 aliphatic carbocycles. The Morgan fingerprint density at radius 3 is 2.46 bits per heavy atom. The molecule has 0 heterocycles. The Morgan fingerprint density at radius 1 is 1.00 bits per heavy atom. The van der Waals surface area contributed by atoms with Gasteiger partial charge in [-0.2, -0.15) is 0 Å². The third-order valence-corrected chi connectivity index (χ3v) is 2.56. The fraction of sp³-hybridized carbons (Fsp3) is 0.538. The van der Waals surface area contributed by atoms with Crippen LogP contribution in [-0.2, 0) is 6.42 Å². The van der Waals surface area contributed by atoms with Gasteiger partial charge in [0.2, 0.25) is 0 Å². The van der Waals surface area contributed by atoms with Crippen LogP contribution in [0.3, 0.4) is 0 Å². The summed E-state index contributed by atoms with van der Waals surface area (Å²) >= 11 is 0. The van der Waals surface area contributed by atoms with E-state index >= 15 is 0 Å². The molecule has 0 bridgehead atoms. The van der Waals surface area contributed by atoms with Gasteiger partial charge in [0.05, 0.1) is 0 Å². The van der Waals surface area contributed by atoms with E-state index in [-0.39, 0.29) is 0 Å². The van der Waals surface area contributed by atoms with Crippen LogP contribution in [0.1, 0.15) is 43.7 Å². The molecular formula is C13H20. The highest BCUT2D eigenvalue weighted by Gasteiger charge is 1.95. The standard InChI is InChI=1S/C13H20/c1-3-4-5-6-10-13-11-8-7-9-12(13)2/h7-9,11H,3-6,10H2,1-2H3.